The molecule has 0 aromatic heterocycles. The highest BCUT2D eigenvalue weighted by Gasteiger charge is 2.31. The molecule has 0 aliphatic carbocycles. The minimum absolute atomic E-state index is 0.199. The Morgan fingerprint density at radius 1 is 0.778 bits per heavy atom. The first-order valence-electron chi connectivity index (χ1n) is 12.0. The lowest BCUT2D eigenvalue weighted by Crippen LogP contribution is -2.38. The fraction of sp³-hybridized carbons (Fsp3) is 0.200. The molecule has 1 heterocycles. The molecular formula is C30H30NO3PS. The molecule has 4 nitrogen and oxygen atoms in total. The van der Waals surface area contributed by atoms with Gasteiger partial charge in [-0.3, -0.25) is 0 Å². The van der Waals surface area contributed by atoms with Crippen molar-refractivity contribution in [1.82, 2.24) is 4.72 Å². The average molecular weight is 516 g/mol. The molecule has 0 radical (unpaired) electrons. The molecule has 0 saturated carbocycles. The normalized spacial score (nSPS) is 14.6. The molecule has 5 rings (SSSR count). The lowest BCUT2D eigenvalue weighted by molar-refractivity contribution is 0.174. The van der Waals surface area contributed by atoms with Crippen LogP contribution >= 0.6 is 7.92 Å². The van der Waals surface area contributed by atoms with Crippen LogP contribution in [-0.2, 0) is 11.0 Å². The quantitative estimate of drug-likeness (QED) is 0.339. The SMILES string of the molecule is CC(C)(C)[S@](=O)N[C@H](c1ccccc1)c1cc2c(cc1P(c1ccccc1)c1ccccc1)OCO2. The monoisotopic (exact) mass is 515 g/mol. The molecule has 0 unspecified atom stereocenters. The van der Waals surface area contributed by atoms with Gasteiger partial charge in [-0.1, -0.05) is 91.0 Å². The van der Waals surface area contributed by atoms with Gasteiger partial charge in [0.2, 0.25) is 6.79 Å². The van der Waals surface area contributed by atoms with Crippen LogP contribution in [-0.4, -0.2) is 15.7 Å². The first kappa shape index (κ1) is 24.7. The second-order valence-electron chi connectivity index (χ2n) is 9.61. The summed E-state index contributed by atoms with van der Waals surface area (Å²) in [6.45, 7) is 6.16. The summed E-state index contributed by atoms with van der Waals surface area (Å²) in [4.78, 5) is 0. The molecule has 36 heavy (non-hydrogen) atoms. The van der Waals surface area contributed by atoms with E-state index in [2.05, 4.69) is 77.5 Å². The summed E-state index contributed by atoms with van der Waals surface area (Å²) in [5.41, 5.74) is 2.09. The molecular weight excluding hydrogens is 485 g/mol. The van der Waals surface area contributed by atoms with Crippen molar-refractivity contribution in [1.29, 1.82) is 0 Å². The lowest BCUT2D eigenvalue weighted by atomic mass is 9.99. The van der Waals surface area contributed by atoms with Crippen molar-refractivity contribution in [3.05, 3.63) is 114 Å². The standard InChI is InChI=1S/C30H30NO3PS/c1-30(2,3)36(32)31-29(22-13-7-4-8-14-22)25-19-26-27(34-21-33-26)20-28(25)35(23-15-9-5-10-16-23)24-17-11-6-12-18-24/h4-20,29,31H,21H2,1-3H3/t29-,36+/m1/s1. The maximum atomic E-state index is 13.4. The Morgan fingerprint density at radius 2 is 1.28 bits per heavy atom. The number of fused-ring (bicyclic) bond motifs is 1. The van der Waals surface area contributed by atoms with Crippen LogP contribution in [0, 0.1) is 0 Å². The number of ether oxygens (including phenoxy) is 2. The molecule has 0 spiro atoms. The number of benzene rings is 4. The van der Waals surface area contributed by atoms with Gasteiger partial charge in [0.05, 0.1) is 21.8 Å². The van der Waals surface area contributed by atoms with Crippen LogP contribution in [0.4, 0.5) is 0 Å². The molecule has 1 aliphatic rings. The van der Waals surface area contributed by atoms with Crippen molar-refractivity contribution in [2.24, 2.45) is 0 Å². The van der Waals surface area contributed by atoms with Gasteiger partial charge in [0.1, 0.15) is 0 Å². The molecule has 4 aromatic carbocycles. The predicted molar refractivity (Wildman–Crippen MR) is 151 cm³/mol. The Hall–Kier alpha value is -2.98. The maximum Gasteiger partial charge on any atom is 0.231 e. The van der Waals surface area contributed by atoms with Crippen molar-refractivity contribution in [2.45, 2.75) is 31.6 Å². The van der Waals surface area contributed by atoms with Crippen molar-refractivity contribution < 1.29 is 13.7 Å². The van der Waals surface area contributed by atoms with E-state index in [0.29, 0.717) is 5.75 Å². The van der Waals surface area contributed by atoms with Crippen LogP contribution in [0.25, 0.3) is 0 Å². The van der Waals surface area contributed by atoms with E-state index in [4.69, 9.17) is 9.47 Å². The van der Waals surface area contributed by atoms with E-state index >= 15 is 0 Å². The lowest BCUT2D eigenvalue weighted by Gasteiger charge is -2.29. The largest absolute Gasteiger partial charge is 0.454 e. The summed E-state index contributed by atoms with van der Waals surface area (Å²) in [6, 6.07) is 35.3. The van der Waals surface area contributed by atoms with E-state index in [1.165, 1.54) is 10.6 Å². The van der Waals surface area contributed by atoms with Crippen LogP contribution in [0.2, 0.25) is 0 Å². The fourth-order valence-electron chi connectivity index (χ4n) is 4.19. The van der Waals surface area contributed by atoms with E-state index in [0.717, 1.165) is 22.2 Å². The Morgan fingerprint density at radius 3 is 1.81 bits per heavy atom. The van der Waals surface area contributed by atoms with E-state index in [9.17, 15) is 4.21 Å². The van der Waals surface area contributed by atoms with Gasteiger partial charge in [-0.15, -0.1) is 0 Å². The van der Waals surface area contributed by atoms with Gasteiger partial charge >= 0.3 is 0 Å². The fourth-order valence-corrected chi connectivity index (χ4v) is 7.52. The Bertz CT molecular complexity index is 1300. The van der Waals surface area contributed by atoms with Crippen LogP contribution < -0.4 is 30.1 Å². The highest BCUT2D eigenvalue weighted by Crippen LogP contribution is 2.43. The zero-order valence-corrected chi connectivity index (χ0v) is 22.4. The first-order valence-corrected chi connectivity index (χ1v) is 14.5. The zero-order valence-electron chi connectivity index (χ0n) is 20.7. The summed E-state index contributed by atoms with van der Waals surface area (Å²) in [6.07, 6.45) is 0. The number of hydrogen-bond donors (Lipinski definition) is 1. The zero-order chi connectivity index (χ0) is 25.1. The van der Waals surface area contributed by atoms with E-state index in [1.54, 1.807) is 0 Å². The van der Waals surface area contributed by atoms with E-state index in [-0.39, 0.29) is 12.8 Å². The van der Waals surface area contributed by atoms with Crippen LogP contribution in [0.15, 0.2) is 103 Å². The second kappa shape index (κ2) is 10.6. The molecule has 2 atom stereocenters. The third-order valence-corrected chi connectivity index (χ3v) is 10.1. The first-order chi connectivity index (χ1) is 17.4. The molecule has 4 aromatic rings. The summed E-state index contributed by atoms with van der Waals surface area (Å²) >= 11 is 0. The van der Waals surface area contributed by atoms with Crippen molar-refractivity contribution in [3.8, 4) is 11.5 Å². The van der Waals surface area contributed by atoms with Crippen LogP contribution in [0.1, 0.15) is 37.9 Å². The Kier molecular flexibility index (Phi) is 7.25. The van der Waals surface area contributed by atoms with Gasteiger partial charge in [-0.05, 0) is 67.9 Å². The molecule has 0 saturated heterocycles. The number of hydrogen-bond acceptors (Lipinski definition) is 3. The average Bonchev–Trinajstić information content (AvgIpc) is 3.36. The summed E-state index contributed by atoms with van der Waals surface area (Å²) in [5.74, 6) is 1.46. The second-order valence-corrected chi connectivity index (χ2v) is 13.8. The minimum Gasteiger partial charge on any atom is -0.454 e. The van der Waals surface area contributed by atoms with Crippen molar-refractivity contribution >= 4 is 34.8 Å². The predicted octanol–water partition coefficient (Wildman–Crippen LogP) is 5.31. The van der Waals surface area contributed by atoms with Crippen LogP contribution in [0.3, 0.4) is 0 Å². The van der Waals surface area contributed by atoms with Crippen LogP contribution in [0.5, 0.6) is 11.5 Å². The molecule has 0 amide bonds. The Balaban J connectivity index is 1.75. The summed E-state index contributed by atoms with van der Waals surface area (Å²) in [5, 5.41) is 3.63. The highest BCUT2D eigenvalue weighted by atomic mass is 32.2. The van der Waals surface area contributed by atoms with Crippen molar-refractivity contribution in [3.63, 3.8) is 0 Å². The van der Waals surface area contributed by atoms with Gasteiger partial charge in [0, 0.05) is 0 Å². The van der Waals surface area contributed by atoms with Gasteiger partial charge in [0.15, 0.2) is 11.5 Å². The molecule has 184 valence electrons. The van der Waals surface area contributed by atoms with Gasteiger partial charge < -0.3 is 9.47 Å². The van der Waals surface area contributed by atoms with Gasteiger partial charge in [0.25, 0.3) is 0 Å². The third-order valence-electron chi connectivity index (χ3n) is 6.02. The van der Waals surface area contributed by atoms with Crippen molar-refractivity contribution in [2.75, 3.05) is 6.79 Å². The van der Waals surface area contributed by atoms with E-state index in [1.807, 2.05) is 51.1 Å². The maximum absolute atomic E-state index is 13.4. The molecule has 6 heteroatoms. The van der Waals surface area contributed by atoms with Gasteiger partial charge in [-0.25, -0.2) is 8.93 Å². The third kappa shape index (κ3) is 5.24. The molecule has 0 fully saturated rings. The minimum atomic E-state index is -1.29. The number of rotatable bonds is 7. The molecule has 0 bridgehead atoms. The van der Waals surface area contributed by atoms with E-state index < -0.39 is 23.7 Å². The molecule has 1 N–H and O–H groups in total. The smallest absolute Gasteiger partial charge is 0.231 e. The highest BCUT2D eigenvalue weighted by molar-refractivity contribution is 7.84. The Labute approximate surface area is 217 Å². The summed E-state index contributed by atoms with van der Waals surface area (Å²) in [7, 11) is -2.22. The van der Waals surface area contributed by atoms with Gasteiger partial charge in [-0.2, -0.15) is 0 Å². The topological polar surface area (TPSA) is 47.6 Å². The summed E-state index contributed by atoms with van der Waals surface area (Å²) < 4.78 is 28.1. The molecule has 1 aliphatic heterocycles. The number of nitrogens with one attached hydrogen (secondary N) is 1.